The fraction of sp³-hybridized carbons (Fsp3) is 0.188. The molecule has 2 rings (SSSR count). The molecule has 0 radical (unpaired) electrons. The van der Waals surface area contributed by atoms with Crippen LogP contribution in [0.25, 0.3) is 0 Å². The highest BCUT2D eigenvalue weighted by atomic mass is 35.5. The van der Waals surface area contributed by atoms with E-state index in [4.69, 9.17) is 55.9 Å². The molecule has 10 heteroatoms. The lowest BCUT2D eigenvalue weighted by Crippen LogP contribution is -2.32. The average molecular weight is 438 g/mol. The molecule has 0 spiro atoms. The van der Waals surface area contributed by atoms with Crippen molar-refractivity contribution >= 4 is 64.1 Å². The molecule has 1 atom stereocenters. The fourth-order valence-electron chi connectivity index (χ4n) is 1.74. The number of aromatic nitrogens is 1. The number of hydrogen-bond acceptors (Lipinski definition) is 5. The predicted octanol–water partition coefficient (Wildman–Crippen LogP) is 4.64. The van der Waals surface area contributed by atoms with Gasteiger partial charge in [0.25, 0.3) is 5.91 Å². The second-order valence-corrected chi connectivity index (χ2v) is 6.66. The smallest absolute Gasteiger partial charge is 0.344 e. The Hall–Kier alpha value is -1.73. The van der Waals surface area contributed by atoms with Crippen LogP contribution in [0, 0.1) is 0 Å². The lowest BCUT2D eigenvalue weighted by Gasteiger charge is -2.14. The van der Waals surface area contributed by atoms with Crippen LogP contribution in [0.5, 0.6) is 5.75 Å². The third-order valence-electron chi connectivity index (χ3n) is 2.97. The van der Waals surface area contributed by atoms with Crippen LogP contribution >= 0.6 is 46.4 Å². The summed E-state index contributed by atoms with van der Waals surface area (Å²) in [7, 11) is 0. The Kier molecular flexibility index (Phi) is 7.34. The maximum Gasteiger partial charge on any atom is 0.344 e. The molecule has 0 aliphatic rings. The minimum absolute atomic E-state index is 0.105. The second-order valence-electron chi connectivity index (χ2n) is 4.97. The first-order valence-corrected chi connectivity index (χ1v) is 8.66. The van der Waals surface area contributed by atoms with Gasteiger partial charge in [0.15, 0.2) is 18.5 Å². The van der Waals surface area contributed by atoms with Crippen LogP contribution in [0.4, 0.5) is 5.82 Å². The summed E-state index contributed by atoms with van der Waals surface area (Å²) in [6.45, 7) is 0.964. The SMILES string of the molecule is CC(OC(=O)COc1ccc(Cl)cc1Cl)C(=O)Nc1ncc(Cl)cc1Cl. The zero-order chi connectivity index (χ0) is 19.3. The molecule has 26 heavy (non-hydrogen) atoms. The van der Waals surface area contributed by atoms with Crippen LogP contribution in [0.2, 0.25) is 20.1 Å². The summed E-state index contributed by atoms with van der Waals surface area (Å²) in [5.41, 5.74) is 0. The maximum absolute atomic E-state index is 12.1. The Bertz CT molecular complexity index is 832. The van der Waals surface area contributed by atoms with Gasteiger partial charge in [-0.3, -0.25) is 4.79 Å². The van der Waals surface area contributed by atoms with E-state index >= 15 is 0 Å². The molecule has 1 N–H and O–H groups in total. The predicted molar refractivity (Wildman–Crippen MR) is 100 cm³/mol. The van der Waals surface area contributed by atoms with Gasteiger partial charge in [-0.1, -0.05) is 46.4 Å². The van der Waals surface area contributed by atoms with E-state index in [2.05, 4.69) is 10.3 Å². The van der Waals surface area contributed by atoms with Gasteiger partial charge in [0.05, 0.1) is 15.1 Å². The first-order chi connectivity index (χ1) is 12.3. The molecular formula is C16H12Cl4N2O4. The molecule has 6 nitrogen and oxygen atoms in total. The van der Waals surface area contributed by atoms with Crippen LogP contribution < -0.4 is 10.1 Å². The zero-order valence-electron chi connectivity index (χ0n) is 13.3. The third kappa shape index (κ3) is 5.92. The number of carbonyl (C=O) groups is 2. The fourth-order valence-corrected chi connectivity index (χ4v) is 2.63. The van der Waals surface area contributed by atoms with E-state index in [9.17, 15) is 9.59 Å². The number of benzene rings is 1. The van der Waals surface area contributed by atoms with Crippen LogP contribution in [-0.4, -0.2) is 29.6 Å². The van der Waals surface area contributed by atoms with Crippen molar-refractivity contribution in [2.75, 3.05) is 11.9 Å². The molecule has 1 unspecified atom stereocenters. The number of esters is 1. The summed E-state index contributed by atoms with van der Waals surface area (Å²) < 4.78 is 10.2. The molecule has 2 aromatic rings. The van der Waals surface area contributed by atoms with Gasteiger partial charge in [0.1, 0.15) is 5.75 Å². The number of ether oxygens (including phenoxy) is 2. The van der Waals surface area contributed by atoms with Gasteiger partial charge < -0.3 is 14.8 Å². The van der Waals surface area contributed by atoms with E-state index in [-0.39, 0.29) is 21.6 Å². The highest BCUT2D eigenvalue weighted by Crippen LogP contribution is 2.27. The summed E-state index contributed by atoms with van der Waals surface area (Å²) in [6, 6.07) is 5.98. The standard InChI is InChI=1S/C16H12Cl4N2O4/c1-8(16(24)22-15-12(20)5-10(18)6-21-15)26-14(23)7-25-13-3-2-9(17)4-11(13)19/h2-6,8H,7H2,1H3,(H,21,22,24). The molecule has 1 aromatic heterocycles. The monoisotopic (exact) mass is 436 g/mol. The van der Waals surface area contributed by atoms with Crippen molar-refractivity contribution in [3.8, 4) is 5.75 Å². The summed E-state index contributed by atoms with van der Waals surface area (Å²) in [4.78, 5) is 27.8. The van der Waals surface area contributed by atoms with Crippen LogP contribution in [0.1, 0.15) is 6.92 Å². The van der Waals surface area contributed by atoms with E-state index in [1.54, 1.807) is 6.07 Å². The summed E-state index contributed by atoms with van der Waals surface area (Å²) in [6.07, 6.45) is 0.226. The molecule has 0 bridgehead atoms. The number of rotatable bonds is 6. The molecular weight excluding hydrogens is 426 g/mol. The van der Waals surface area contributed by atoms with E-state index in [0.717, 1.165) is 0 Å². The molecule has 1 aromatic carbocycles. The zero-order valence-corrected chi connectivity index (χ0v) is 16.3. The first kappa shape index (κ1) is 20.6. The van der Waals surface area contributed by atoms with E-state index in [0.29, 0.717) is 10.0 Å². The number of anilines is 1. The van der Waals surface area contributed by atoms with Gasteiger partial charge in [0, 0.05) is 11.2 Å². The number of hydrogen-bond donors (Lipinski definition) is 1. The highest BCUT2D eigenvalue weighted by Gasteiger charge is 2.20. The molecule has 0 fully saturated rings. The van der Waals surface area contributed by atoms with Crippen LogP contribution in [0.15, 0.2) is 30.5 Å². The van der Waals surface area contributed by atoms with Gasteiger partial charge in [-0.2, -0.15) is 0 Å². The molecule has 1 heterocycles. The Morgan fingerprint density at radius 3 is 2.46 bits per heavy atom. The van der Waals surface area contributed by atoms with Crippen molar-refractivity contribution < 1.29 is 19.1 Å². The highest BCUT2D eigenvalue weighted by molar-refractivity contribution is 6.36. The quantitative estimate of drug-likeness (QED) is 0.665. The minimum Gasteiger partial charge on any atom is -0.480 e. The van der Waals surface area contributed by atoms with Gasteiger partial charge in [-0.05, 0) is 31.2 Å². The van der Waals surface area contributed by atoms with Crippen molar-refractivity contribution in [2.45, 2.75) is 13.0 Å². The van der Waals surface area contributed by atoms with Gasteiger partial charge in [0.2, 0.25) is 0 Å². The number of halogens is 4. The van der Waals surface area contributed by atoms with Gasteiger partial charge >= 0.3 is 5.97 Å². The molecule has 0 saturated heterocycles. The third-order valence-corrected chi connectivity index (χ3v) is 3.99. The number of nitrogens with zero attached hydrogens (tertiary/aromatic N) is 1. The largest absolute Gasteiger partial charge is 0.480 e. The number of amides is 1. The Labute approximate surface area is 169 Å². The maximum atomic E-state index is 12.1. The van der Waals surface area contributed by atoms with Gasteiger partial charge in [-0.25, -0.2) is 9.78 Å². The summed E-state index contributed by atoms with van der Waals surface area (Å²) >= 11 is 23.3. The van der Waals surface area contributed by atoms with Crippen molar-refractivity contribution in [3.63, 3.8) is 0 Å². The van der Waals surface area contributed by atoms with Gasteiger partial charge in [-0.15, -0.1) is 0 Å². The second kappa shape index (κ2) is 9.28. The van der Waals surface area contributed by atoms with Crippen molar-refractivity contribution in [1.82, 2.24) is 4.98 Å². The molecule has 138 valence electrons. The van der Waals surface area contributed by atoms with Crippen molar-refractivity contribution in [3.05, 3.63) is 50.6 Å². The molecule has 1 amide bonds. The number of pyridine rings is 1. The van der Waals surface area contributed by atoms with Crippen molar-refractivity contribution in [2.24, 2.45) is 0 Å². The van der Waals surface area contributed by atoms with Crippen LogP contribution in [-0.2, 0) is 14.3 Å². The van der Waals surface area contributed by atoms with E-state index in [1.165, 1.54) is 31.3 Å². The average Bonchev–Trinajstić information content (AvgIpc) is 2.56. The lowest BCUT2D eigenvalue weighted by molar-refractivity contribution is -0.155. The number of carbonyl (C=O) groups excluding carboxylic acids is 2. The molecule has 0 aliphatic heterocycles. The number of nitrogens with one attached hydrogen (secondary N) is 1. The van der Waals surface area contributed by atoms with Crippen molar-refractivity contribution in [1.29, 1.82) is 0 Å². The summed E-state index contributed by atoms with van der Waals surface area (Å²) in [5.74, 6) is -0.996. The van der Waals surface area contributed by atoms with Crippen LogP contribution in [0.3, 0.4) is 0 Å². The lowest BCUT2D eigenvalue weighted by atomic mass is 10.3. The summed E-state index contributed by atoms with van der Waals surface area (Å²) in [5, 5.41) is 3.60. The normalized spacial score (nSPS) is 11.6. The minimum atomic E-state index is -1.10. The molecule has 0 aliphatic carbocycles. The van der Waals surface area contributed by atoms with E-state index in [1.807, 2.05) is 0 Å². The Morgan fingerprint density at radius 2 is 1.81 bits per heavy atom. The topological polar surface area (TPSA) is 77.5 Å². The first-order valence-electron chi connectivity index (χ1n) is 7.15. The Morgan fingerprint density at radius 1 is 1.12 bits per heavy atom. The Balaban J connectivity index is 1.86. The molecule has 0 saturated carbocycles. The van der Waals surface area contributed by atoms with E-state index < -0.39 is 24.6 Å².